The van der Waals surface area contributed by atoms with E-state index in [1.165, 1.54) is 32.3 Å². The van der Waals surface area contributed by atoms with Crippen molar-refractivity contribution in [2.75, 3.05) is 14.1 Å². The molecule has 1 aromatic carbocycles. The SMILES string of the molecule is CN(C)S(=O)(=O)c1ccc(Br)c(C(=O)Cl)c1. The topological polar surface area (TPSA) is 54.5 Å². The van der Waals surface area contributed by atoms with E-state index >= 15 is 0 Å². The van der Waals surface area contributed by atoms with Gasteiger partial charge in [-0.15, -0.1) is 0 Å². The van der Waals surface area contributed by atoms with E-state index in [1.54, 1.807) is 0 Å². The number of sulfonamides is 1. The highest BCUT2D eigenvalue weighted by Gasteiger charge is 2.19. The molecular formula is C9H9BrClNO3S. The Morgan fingerprint density at radius 3 is 2.38 bits per heavy atom. The van der Waals surface area contributed by atoms with Crippen LogP contribution in [0.15, 0.2) is 27.6 Å². The third kappa shape index (κ3) is 2.63. The zero-order chi connectivity index (χ0) is 12.5. The molecule has 0 fully saturated rings. The van der Waals surface area contributed by atoms with Gasteiger partial charge in [-0.1, -0.05) is 0 Å². The molecule has 88 valence electrons. The van der Waals surface area contributed by atoms with Gasteiger partial charge in [0.2, 0.25) is 10.0 Å². The number of nitrogens with zero attached hydrogens (tertiary/aromatic N) is 1. The lowest BCUT2D eigenvalue weighted by Gasteiger charge is -2.12. The van der Waals surface area contributed by atoms with E-state index in [0.29, 0.717) is 4.47 Å². The van der Waals surface area contributed by atoms with Crippen LogP contribution in [0.1, 0.15) is 10.4 Å². The van der Waals surface area contributed by atoms with Crippen molar-refractivity contribution in [3.05, 3.63) is 28.2 Å². The smallest absolute Gasteiger partial charge is 0.253 e. The fraction of sp³-hybridized carbons (Fsp3) is 0.222. The molecule has 16 heavy (non-hydrogen) atoms. The second-order valence-electron chi connectivity index (χ2n) is 3.20. The summed E-state index contributed by atoms with van der Waals surface area (Å²) in [5.41, 5.74) is 0.129. The number of hydrogen-bond donors (Lipinski definition) is 0. The zero-order valence-electron chi connectivity index (χ0n) is 8.57. The number of rotatable bonds is 3. The van der Waals surface area contributed by atoms with E-state index in [9.17, 15) is 13.2 Å². The Morgan fingerprint density at radius 2 is 1.94 bits per heavy atom. The summed E-state index contributed by atoms with van der Waals surface area (Å²) in [4.78, 5) is 11.1. The number of carbonyl (C=O) groups is 1. The molecule has 0 spiro atoms. The van der Waals surface area contributed by atoms with Gasteiger partial charge in [0.05, 0.1) is 4.90 Å². The molecule has 0 N–H and O–H groups in total. The molecule has 0 atom stereocenters. The van der Waals surface area contributed by atoms with Crippen LogP contribution in [-0.4, -0.2) is 32.1 Å². The van der Waals surface area contributed by atoms with Crippen molar-refractivity contribution in [2.45, 2.75) is 4.90 Å². The van der Waals surface area contributed by atoms with Crippen LogP contribution in [-0.2, 0) is 10.0 Å². The molecule has 1 aromatic rings. The molecule has 0 bridgehead atoms. The van der Waals surface area contributed by atoms with Gasteiger partial charge in [-0.25, -0.2) is 12.7 Å². The molecule has 0 radical (unpaired) electrons. The quantitative estimate of drug-likeness (QED) is 0.799. The molecule has 0 heterocycles. The van der Waals surface area contributed by atoms with Crippen LogP contribution in [0, 0.1) is 0 Å². The second-order valence-corrected chi connectivity index (χ2v) is 6.55. The van der Waals surface area contributed by atoms with Crippen molar-refractivity contribution >= 4 is 42.8 Å². The minimum atomic E-state index is -3.55. The summed E-state index contributed by atoms with van der Waals surface area (Å²) >= 11 is 8.45. The van der Waals surface area contributed by atoms with Crippen LogP contribution in [0.5, 0.6) is 0 Å². The number of halogens is 2. The summed E-state index contributed by atoms with van der Waals surface area (Å²) in [5, 5.41) is -0.706. The maximum absolute atomic E-state index is 11.8. The zero-order valence-corrected chi connectivity index (χ0v) is 11.7. The van der Waals surface area contributed by atoms with Gasteiger partial charge < -0.3 is 0 Å². The third-order valence-corrected chi connectivity index (χ3v) is 4.63. The van der Waals surface area contributed by atoms with Crippen molar-refractivity contribution < 1.29 is 13.2 Å². The molecule has 4 nitrogen and oxygen atoms in total. The van der Waals surface area contributed by atoms with Gasteiger partial charge in [-0.2, -0.15) is 0 Å². The van der Waals surface area contributed by atoms with Crippen molar-refractivity contribution in [3.8, 4) is 0 Å². The standard InChI is InChI=1S/C9H9BrClNO3S/c1-12(2)16(14,15)6-3-4-8(10)7(5-6)9(11)13/h3-5H,1-2H3. The molecule has 0 aliphatic rings. The normalized spacial score (nSPS) is 11.8. The van der Waals surface area contributed by atoms with Gasteiger partial charge in [-0.3, -0.25) is 4.79 Å². The van der Waals surface area contributed by atoms with Crippen LogP contribution in [0.3, 0.4) is 0 Å². The van der Waals surface area contributed by atoms with Crippen molar-refractivity contribution in [1.29, 1.82) is 0 Å². The third-order valence-electron chi connectivity index (χ3n) is 1.93. The van der Waals surface area contributed by atoms with Gasteiger partial charge in [0.25, 0.3) is 5.24 Å². The lowest BCUT2D eigenvalue weighted by molar-refractivity contribution is 0.108. The van der Waals surface area contributed by atoms with Crippen LogP contribution in [0.2, 0.25) is 0 Å². The highest BCUT2D eigenvalue weighted by Crippen LogP contribution is 2.23. The second kappa shape index (κ2) is 4.83. The molecule has 0 amide bonds. The van der Waals surface area contributed by atoms with Crippen LogP contribution >= 0.6 is 27.5 Å². The van der Waals surface area contributed by atoms with E-state index in [0.717, 1.165) is 4.31 Å². The summed E-state index contributed by atoms with van der Waals surface area (Å²) in [7, 11) is -0.716. The summed E-state index contributed by atoms with van der Waals surface area (Å²) in [5.74, 6) is 0. The largest absolute Gasteiger partial charge is 0.276 e. The maximum atomic E-state index is 11.8. The summed E-state index contributed by atoms with van der Waals surface area (Å²) in [6.07, 6.45) is 0. The first kappa shape index (κ1) is 13.6. The molecule has 1 rings (SSSR count). The predicted molar refractivity (Wildman–Crippen MR) is 65.2 cm³/mol. The molecular weight excluding hydrogens is 318 g/mol. The number of benzene rings is 1. The van der Waals surface area contributed by atoms with Gasteiger partial charge in [0.15, 0.2) is 0 Å². The first-order valence-electron chi connectivity index (χ1n) is 4.18. The van der Waals surface area contributed by atoms with E-state index in [4.69, 9.17) is 11.6 Å². The molecule has 7 heteroatoms. The van der Waals surface area contributed by atoms with Crippen LogP contribution < -0.4 is 0 Å². The van der Waals surface area contributed by atoms with Crippen LogP contribution in [0.4, 0.5) is 0 Å². The van der Waals surface area contributed by atoms with Gasteiger partial charge >= 0.3 is 0 Å². The Kier molecular flexibility index (Phi) is 4.12. The summed E-state index contributed by atoms with van der Waals surface area (Å²) < 4.78 is 25.1. The molecule has 0 saturated carbocycles. The molecule has 0 aliphatic heterocycles. The van der Waals surface area contributed by atoms with E-state index in [2.05, 4.69) is 15.9 Å². The van der Waals surface area contributed by atoms with Crippen molar-refractivity contribution in [3.63, 3.8) is 0 Å². The van der Waals surface area contributed by atoms with E-state index in [1.807, 2.05) is 0 Å². The van der Waals surface area contributed by atoms with Crippen LogP contribution in [0.25, 0.3) is 0 Å². The lowest BCUT2D eigenvalue weighted by atomic mass is 10.2. The fourth-order valence-electron chi connectivity index (χ4n) is 1.03. The Morgan fingerprint density at radius 1 is 1.38 bits per heavy atom. The fourth-order valence-corrected chi connectivity index (χ4v) is 2.65. The summed E-state index contributed by atoms with van der Waals surface area (Å²) in [6, 6.07) is 4.13. The maximum Gasteiger partial charge on any atom is 0.253 e. The Labute approximate surface area is 107 Å². The van der Waals surface area contributed by atoms with E-state index < -0.39 is 15.3 Å². The lowest BCUT2D eigenvalue weighted by Crippen LogP contribution is -2.22. The first-order chi connectivity index (χ1) is 7.26. The highest BCUT2D eigenvalue weighted by atomic mass is 79.9. The van der Waals surface area contributed by atoms with Gasteiger partial charge in [0.1, 0.15) is 0 Å². The minimum Gasteiger partial charge on any atom is -0.276 e. The van der Waals surface area contributed by atoms with Gasteiger partial charge in [0, 0.05) is 24.1 Å². The monoisotopic (exact) mass is 325 g/mol. The van der Waals surface area contributed by atoms with E-state index in [-0.39, 0.29) is 10.5 Å². The predicted octanol–water partition coefficient (Wildman–Crippen LogP) is 2.08. The van der Waals surface area contributed by atoms with Gasteiger partial charge in [-0.05, 0) is 45.7 Å². The minimum absolute atomic E-state index is 0.0321. The first-order valence-corrected chi connectivity index (χ1v) is 6.80. The molecule has 0 saturated heterocycles. The molecule has 0 unspecified atom stereocenters. The Bertz CT molecular complexity index is 528. The number of carbonyl (C=O) groups excluding carboxylic acids is 1. The molecule has 0 aliphatic carbocycles. The summed E-state index contributed by atoms with van der Waals surface area (Å²) in [6.45, 7) is 0. The average molecular weight is 327 g/mol. The highest BCUT2D eigenvalue weighted by molar-refractivity contribution is 9.10. The Hall–Kier alpha value is -0.430. The number of hydrogen-bond acceptors (Lipinski definition) is 3. The van der Waals surface area contributed by atoms with Crippen molar-refractivity contribution in [1.82, 2.24) is 4.31 Å². The molecule has 0 aromatic heterocycles. The Balaban J connectivity index is 3.40. The van der Waals surface area contributed by atoms with Crippen molar-refractivity contribution in [2.24, 2.45) is 0 Å². The average Bonchev–Trinajstić information content (AvgIpc) is 2.17.